The Kier molecular flexibility index (Phi) is 7.32. The molecule has 2 rings (SSSR count). The van der Waals surface area contributed by atoms with Crippen molar-refractivity contribution < 1.29 is 4.74 Å². The number of anilines is 2. The van der Waals surface area contributed by atoms with E-state index < -0.39 is 0 Å². The summed E-state index contributed by atoms with van der Waals surface area (Å²) in [6.45, 7) is 3.82. The van der Waals surface area contributed by atoms with Crippen LogP contribution in [0.4, 0.5) is 11.9 Å². The fourth-order valence-corrected chi connectivity index (χ4v) is 2.72. The summed E-state index contributed by atoms with van der Waals surface area (Å²) in [6.07, 6.45) is 5.71. The fourth-order valence-electron chi connectivity index (χ4n) is 2.07. The molecule has 0 radical (unpaired) electrons. The van der Waals surface area contributed by atoms with Crippen molar-refractivity contribution in [3.63, 3.8) is 0 Å². The van der Waals surface area contributed by atoms with Gasteiger partial charge in [0.2, 0.25) is 17.2 Å². The van der Waals surface area contributed by atoms with Crippen LogP contribution in [0.25, 0.3) is 0 Å². The van der Waals surface area contributed by atoms with Gasteiger partial charge in [-0.3, -0.25) is 0 Å². The molecule has 0 spiro atoms. The minimum Gasteiger partial charge on any atom is -0.378 e. The summed E-state index contributed by atoms with van der Waals surface area (Å²) in [5.41, 5.74) is 0. The largest absolute Gasteiger partial charge is 0.378 e. The summed E-state index contributed by atoms with van der Waals surface area (Å²) >= 11 is 7.88. The van der Waals surface area contributed by atoms with Crippen molar-refractivity contribution in [2.75, 3.05) is 55.1 Å². The predicted octanol–water partition coefficient (Wildman–Crippen LogP) is 2.31. The second-order valence-corrected chi connectivity index (χ2v) is 6.13. The third-order valence-electron chi connectivity index (χ3n) is 3.20. The Hall–Kier alpha value is -0.790. The highest BCUT2D eigenvalue weighted by Gasteiger charge is 2.15. The molecule has 2 heterocycles. The maximum Gasteiger partial charge on any atom is 0.231 e. The zero-order valence-electron chi connectivity index (χ0n) is 12.3. The van der Waals surface area contributed by atoms with Gasteiger partial charge < -0.3 is 15.0 Å². The highest BCUT2D eigenvalue weighted by atomic mass is 35.5. The second-order valence-electron chi connectivity index (χ2n) is 4.81. The normalized spacial score (nSPS) is 15.2. The highest BCUT2D eigenvalue weighted by Crippen LogP contribution is 2.15. The lowest BCUT2D eigenvalue weighted by molar-refractivity contribution is 0.122. The fraction of sp³-hybridized carbons (Fsp3) is 0.769. The molecule has 6 nitrogen and oxygen atoms in total. The minimum absolute atomic E-state index is 0.233. The van der Waals surface area contributed by atoms with Gasteiger partial charge >= 0.3 is 0 Å². The number of nitrogens with one attached hydrogen (secondary N) is 1. The smallest absolute Gasteiger partial charge is 0.231 e. The van der Waals surface area contributed by atoms with Gasteiger partial charge in [0.25, 0.3) is 0 Å². The number of unbranched alkanes of at least 4 members (excludes halogenated alkanes) is 2. The van der Waals surface area contributed by atoms with E-state index in [4.69, 9.17) is 16.3 Å². The van der Waals surface area contributed by atoms with Crippen molar-refractivity contribution >= 4 is 35.3 Å². The number of rotatable bonds is 8. The number of ether oxygens (including phenoxy) is 1. The minimum atomic E-state index is 0.233. The summed E-state index contributed by atoms with van der Waals surface area (Å²) in [4.78, 5) is 14.8. The van der Waals surface area contributed by atoms with E-state index in [0.717, 1.165) is 26.1 Å². The maximum absolute atomic E-state index is 5.99. The van der Waals surface area contributed by atoms with Gasteiger partial charge in [-0.05, 0) is 36.5 Å². The topological polar surface area (TPSA) is 63.2 Å². The zero-order valence-corrected chi connectivity index (χ0v) is 13.9. The molecule has 1 aromatic heterocycles. The van der Waals surface area contributed by atoms with Crippen LogP contribution in [0, 0.1) is 0 Å². The molecule has 0 amide bonds. The molecule has 118 valence electrons. The first kappa shape index (κ1) is 16.6. The van der Waals surface area contributed by atoms with E-state index in [1.54, 1.807) is 0 Å². The van der Waals surface area contributed by atoms with Crippen LogP contribution in [-0.4, -0.2) is 59.8 Å². The lowest BCUT2D eigenvalue weighted by Gasteiger charge is -2.26. The second kappa shape index (κ2) is 9.27. The molecule has 1 saturated heterocycles. The molecule has 21 heavy (non-hydrogen) atoms. The Morgan fingerprint density at radius 1 is 1.19 bits per heavy atom. The molecule has 0 aromatic carbocycles. The third-order valence-corrected chi connectivity index (χ3v) is 4.06. The van der Waals surface area contributed by atoms with Crippen LogP contribution in [0.3, 0.4) is 0 Å². The van der Waals surface area contributed by atoms with Gasteiger partial charge in [0, 0.05) is 19.6 Å². The number of nitrogens with zero attached hydrogens (tertiary/aromatic N) is 4. The molecule has 0 atom stereocenters. The van der Waals surface area contributed by atoms with E-state index in [2.05, 4.69) is 31.4 Å². The average molecular weight is 332 g/mol. The third kappa shape index (κ3) is 5.84. The Balaban J connectivity index is 1.83. The van der Waals surface area contributed by atoms with Crippen LogP contribution < -0.4 is 10.2 Å². The van der Waals surface area contributed by atoms with Crippen molar-refractivity contribution in [3.8, 4) is 0 Å². The Labute approximate surface area is 135 Å². The zero-order chi connectivity index (χ0) is 14.9. The lowest BCUT2D eigenvalue weighted by Crippen LogP contribution is -2.37. The molecule has 1 aliphatic heterocycles. The van der Waals surface area contributed by atoms with Crippen molar-refractivity contribution in [1.82, 2.24) is 15.0 Å². The first-order valence-electron chi connectivity index (χ1n) is 7.26. The molecule has 1 fully saturated rings. The molecular formula is C13H22ClN5OS. The lowest BCUT2D eigenvalue weighted by atomic mass is 10.2. The molecule has 0 unspecified atom stereocenters. The highest BCUT2D eigenvalue weighted by molar-refractivity contribution is 7.98. The van der Waals surface area contributed by atoms with Crippen LogP contribution in [-0.2, 0) is 4.74 Å². The molecule has 0 saturated carbocycles. The average Bonchev–Trinajstić information content (AvgIpc) is 2.51. The number of hydrogen-bond donors (Lipinski definition) is 1. The van der Waals surface area contributed by atoms with Gasteiger partial charge in [-0.25, -0.2) is 0 Å². The summed E-state index contributed by atoms with van der Waals surface area (Å²) in [5, 5.41) is 3.46. The van der Waals surface area contributed by atoms with Crippen LogP contribution in [0.5, 0.6) is 0 Å². The van der Waals surface area contributed by atoms with E-state index in [9.17, 15) is 0 Å². The summed E-state index contributed by atoms with van der Waals surface area (Å²) in [5.74, 6) is 2.41. The van der Waals surface area contributed by atoms with E-state index in [1.807, 2.05) is 11.8 Å². The van der Waals surface area contributed by atoms with Crippen molar-refractivity contribution in [2.45, 2.75) is 19.3 Å². The molecule has 8 heteroatoms. The van der Waals surface area contributed by atoms with E-state index in [1.165, 1.54) is 18.6 Å². The number of aromatic nitrogens is 3. The SMILES string of the molecule is CSCCCCCNc1nc(Cl)nc(N2CCOCC2)n1. The van der Waals surface area contributed by atoms with Gasteiger partial charge in [-0.15, -0.1) is 0 Å². The van der Waals surface area contributed by atoms with Gasteiger partial charge in [0.1, 0.15) is 0 Å². The van der Waals surface area contributed by atoms with Gasteiger partial charge in [-0.2, -0.15) is 26.7 Å². The molecule has 1 aliphatic rings. The van der Waals surface area contributed by atoms with Crippen molar-refractivity contribution in [3.05, 3.63) is 5.28 Å². The number of hydrogen-bond acceptors (Lipinski definition) is 7. The van der Waals surface area contributed by atoms with Crippen molar-refractivity contribution in [1.29, 1.82) is 0 Å². The molecule has 1 aromatic rings. The number of morpholine rings is 1. The standard InChI is InChI=1S/C13H22ClN5OS/c1-21-10-4-2-3-5-15-12-16-11(14)17-13(18-12)19-6-8-20-9-7-19/h2-10H2,1H3,(H,15,16,17,18). The summed E-state index contributed by atoms with van der Waals surface area (Å²) in [7, 11) is 0. The predicted molar refractivity (Wildman–Crippen MR) is 88.6 cm³/mol. The summed E-state index contributed by atoms with van der Waals surface area (Å²) in [6, 6.07) is 0. The Morgan fingerprint density at radius 2 is 2.00 bits per heavy atom. The molecular weight excluding hydrogens is 310 g/mol. The van der Waals surface area contributed by atoms with E-state index in [-0.39, 0.29) is 5.28 Å². The monoisotopic (exact) mass is 331 g/mol. The van der Waals surface area contributed by atoms with Crippen LogP contribution in [0.2, 0.25) is 5.28 Å². The number of halogens is 1. The van der Waals surface area contributed by atoms with Gasteiger partial charge in [-0.1, -0.05) is 6.42 Å². The first-order chi connectivity index (χ1) is 10.3. The van der Waals surface area contributed by atoms with E-state index >= 15 is 0 Å². The van der Waals surface area contributed by atoms with Gasteiger partial charge in [0.05, 0.1) is 13.2 Å². The Bertz CT molecular complexity index is 431. The molecule has 1 N–H and O–H groups in total. The molecule has 0 bridgehead atoms. The summed E-state index contributed by atoms with van der Waals surface area (Å²) < 4.78 is 5.33. The van der Waals surface area contributed by atoms with Crippen LogP contribution in [0.15, 0.2) is 0 Å². The van der Waals surface area contributed by atoms with Crippen LogP contribution in [0.1, 0.15) is 19.3 Å². The quantitative estimate of drug-likeness (QED) is 0.733. The van der Waals surface area contributed by atoms with Crippen molar-refractivity contribution in [2.24, 2.45) is 0 Å². The number of thioether (sulfide) groups is 1. The molecule has 0 aliphatic carbocycles. The Morgan fingerprint density at radius 3 is 2.76 bits per heavy atom. The maximum atomic E-state index is 5.99. The first-order valence-corrected chi connectivity index (χ1v) is 9.04. The van der Waals surface area contributed by atoms with Crippen LogP contribution >= 0.6 is 23.4 Å². The van der Waals surface area contributed by atoms with Gasteiger partial charge in [0.15, 0.2) is 0 Å². The van der Waals surface area contributed by atoms with E-state index in [0.29, 0.717) is 25.1 Å².